The van der Waals surface area contributed by atoms with Gasteiger partial charge in [-0.25, -0.2) is 4.98 Å². The highest BCUT2D eigenvalue weighted by Gasteiger charge is 2.19. The minimum absolute atomic E-state index is 0.899. The Hall–Kier alpha value is -2.64. The number of hydrogen-bond acceptors (Lipinski definition) is 7. The van der Waals surface area contributed by atoms with Gasteiger partial charge in [0.1, 0.15) is 15.0 Å². The molecule has 25 heavy (non-hydrogen) atoms. The lowest BCUT2D eigenvalue weighted by Crippen LogP contribution is -2.44. The van der Waals surface area contributed by atoms with Gasteiger partial charge in [-0.3, -0.25) is 0 Å². The molecule has 3 aromatic heterocycles. The van der Waals surface area contributed by atoms with Crippen LogP contribution in [0, 0.1) is 0 Å². The lowest BCUT2D eigenvalue weighted by atomic mass is 10.1. The van der Waals surface area contributed by atoms with Crippen molar-refractivity contribution in [2.45, 2.75) is 0 Å². The van der Waals surface area contributed by atoms with Crippen molar-refractivity contribution >= 4 is 37.6 Å². The van der Waals surface area contributed by atoms with Crippen LogP contribution >= 0.6 is 11.3 Å². The number of nitrogens with one attached hydrogen (secondary N) is 1. The monoisotopic (exact) mass is 348 g/mol. The molecule has 0 amide bonds. The molecule has 0 spiro atoms. The predicted molar refractivity (Wildman–Crippen MR) is 101 cm³/mol. The van der Waals surface area contributed by atoms with Gasteiger partial charge in [0.2, 0.25) is 0 Å². The van der Waals surface area contributed by atoms with E-state index in [-0.39, 0.29) is 0 Å². The van der Waals surface area contributed by atoms with Gasteiger partial charge in [-0.1, -0.05) is 30.3 Å². The molecule has 0 bridgehead atoms. The molecule has 0 saturated carbocycles. The van der Waals surface area contributed by atoms with Gasteiger partial charge in [0.05, 0.1) is 5.69 Å². The van der Waals surface area contributed by atoms with E-state index in [1.165, 1.54) is 0 Å². The Labute approximate surface area is 148 Å². The van der Waals surface area contributed by atoms with Gasteiger partial charge in [-0.15, -0.1) is 21.5 Å². The largest absolute Gasteiger partial charge is 0.351 e. The summed E-state index contributed by atoms with van der Waals surface area (Å²) in [6.45, 7) is 3.80. The van der Waals surface area contributed by atoms with Gasteiger partial charge < -0.3 is 10.2 Å². The van der Waals surface area contributed by atoms with Crippen LogP contribution in [0.1, 0.15) is 0 Å². The standard InChI is InChI=1S/C18H16N6S/c1-2-4-12(5-3-1)14-7-6-13-15-16(25-18(13)20-14)17(22-23-21-15)24-10-8-19-9-11-24/h1-7,19H,8-11H2. The molecule has 4 aromatic rings. The molecule has 0 unspecified atom stereocenters. The van der Waals surface area contributed by atoms with Crippen molar-refractivity contribution in [3.63, 3.8) is 0 Å². The normalized spacial score (nSPS) is 15.1. The molecule has 1 N–H and O–H groups in total. The molecule has 1 aliphatic rings. The molecule has 1 saturated heterocycles. The van der Waals surface area contributed by atoms with Crippen LogP contribution in [0.3, 0.4) is 0 Å². The van der Waals surface area contributed by atoms with Crippen molar-refractivity contribution in [3.8, 4) is 11.3 Å². The molecule has 1 fully saturated rings. The molecule has 5 rings (SSSR count). The summed E-state index contributed by atoms with van der Waals surface area (Å²) in [6.07, 6.45) is 0. The SMILES string of the molecule is c1ccc(-c2ccc3c(n2)sc2c(N4CCNCC4)nnnc23)cc1. The highest BCUT2D eigenvalue weighted by molar-refractivity contribution is 7.25. The van der Waals surface area contributed by atoms with E-state index in [1.807, 2.05) is 18.2 Å². The summed E-state index contributed by atoms with van der Waals surface area (Å²) in [6, 6.07) is 14.4. The van der Waals surface area contributed by atoms with Crippen LogP contribution in [0.4, 0.5) is 5.82 Å². The molecular weight excluding hydrogens is 332 g/mol. The van der Waals surface area contributed by atoms with Gasteiger partial charge in [-0.2, -0.15) is 0 Å². The number of anilines is 1. The smallest absolute Gasteiger partial charge is 0.172 e. The maximum Gasteiger partial charge on any atom is 0.172 e. The number of piperazine rings is 1. The third kappa shape index (κ3) is 2.52. The zero-order chi connectivity index (χ0) is 16.6. The van der Waals surface area contributed by atoms with E-state index < -0.39 is 0 Å². The maximum absolute atomic E-state index is 4.86. The fourth-order valence-corrected chi connectivity index (χ4v) is 4.35. The van der Waals surface area contributed by atoms with Crippen LogP contribution in [0.15, 0.2) is 42.5 Å². The molecule has 1 aliphatic heterocycles. The maximum atomic E-state index is 4.86. The third-order valence-electron chi connectivity index (χ3n) is 4.50. The summed E-state index contributed by atoms with van der Waals surface area (Å²) >= 11 is 1.65. The average molecular weight is 348 g/mol. The fraction of sp³-hybridized carbons (Fsp3) is 0.222. The first-order chi connectivity index (χ1) is 12.4. The number of benzene rings is 1. The van der Waals surface area contributed by atoms with Crippen LogP contribution in [-0.4, -0.2) is 46.6 Å². The van der Waals surface area contributed by atoms with Crippen molar-refractivity contribution in [1.29, 1.82) is 0 Å². The van der Waals surface area contributed by atoms with E-state index in [0.29, 0.717) is 0 Å². The Morgan fingerprint density at radius 2 is 1.80 bits per heavy atom. The molecule has 0 aliphatic carbocycles. The van der Waals surface area contributed by atoms with E-state index in [9.17, 15) is 0 Å². The second-order valence-corrected chi connectivity index (χ2v) is 7.04. The molecule has 6 nitrogen and oxygen atoms in total. The van der Waals surface area contributed by atoms with Gasteiger partial charge in [0.25, 0.3) is 0 Å². The minimum atomic E-state index is 0.899. The highest BCUT2D eigenvalue weighted by Crippen LogP contribution is 2.36. The van der Waals surface area contributed by atoms with Gasteiger partial charge in [-0.05, 0) is 17.3 Å². The summed E-state index contributed by atoms with van der Waals surface area (Å²) in [5, 5.41) is 17.0. The number of nitrogens with zero attached hydrogens (tertiary/aromatic N) is 5. The number of aromatic nitrogens is 4. The third-order valence-corrected chi connectivity index (χ3v) is 5.59. The van der Waals surface area contributed by atoms with Crippen molar-refractivity contribution in [2.24, 2.45) is 0 Å². The molecule has 1 aromatic carbocycles. The molecule has 0 radical (unpaired) electrons. The van der Waals surface area contributed by atoms with Crippen LogP contribution < -0.4 is 10.2 Å². The van der Waals surface area contributed by atoms with Gasteiger partial charge in [0, 0.05) is 37.1 Å². The summed E-state index contributed by atoms with van der Waals surface area (Å²) < 4.78 is 1.07. The Bertz CT molecular complexity index is 1040. The summed E-state index contributed by atoms with van der Waals surface area (Å²) in [7, 11) is 0. The first kappa shape index (κ1) is 14.7. The first-order valence-electron chi connectivity index (χ1n) is 8.34. The highest BCUT2D eigenvalue weighted by atomic mass is 32.1. The summed E-state index contributed by atoms with van der Waals surface area (Å²) in [5.41, 5.74) is 2.99. The Morgan fingerprint density at radius 1 is 0.960 bits per heavy atom. The Kier molecular flexibility index (Phi) is 3.53. The number of thiophene rings is 1. The lowest BCUT2D eigenvalue weighted by Gasteiger charge is -2.27. The van der Waals surface area contributed by atoms with Gasteiger partial charge in [0.15, 0.2) is 5.82 Å². The van der Waals surface area contributed by atoms with Crippen LogP contribution in [0.25, 0.3) is 31.7 Å². The van der Waals surface area contributed by atoms with Crippen molar-refractivity contribution < 1.29 is 0 Å². The summed E-state index contributed by atoms with van der Waals surface area (Å²) in [5.74, 6) is 0.927. The second-order valence-electron chi connectivity index (χ2n) is 6.05. The van der Waals surface area contributed by atoms with Crippen LogP contribution in [-0.2, 0) is 0 Å². The Morgan fingerprint density at radius 3 is 2.64 bits per heavy atom. The van der Waals surface area contributed by atoms with Crippen LogP contribution in [0.2, 0.25) is 0 Å². The summed E-state index contributed by atoms with van der Waals surface area (Å²) in [4.78, 5) is 8.12. The van der Waals surface area contributed by atoms with Crippen molar-refractivity contribution in [1.82, 2.24) is 25.7 Å². The molecule has 124 valence electrons. The van der Waals surface area contributed by atoms with Crippen LogP contribution in [0.5, 0.6) is 0 Å². The zero-order valence-electron chi connectivity index (χ0n) is 13.5. The minimum Gasteiger partial charge on any atom is -0.351 e. The van der Waals surface area contributed by atoms with E-state index in [0.717, 1.165) is 63.7 Å². The quantitative estimate of drug-likeness (QED) is 0.601. The number of rotatable bonds is 2. The molecular formula is C18H16N6S. The number of hydrogen-bond donors (Lipinski definition) is 1. The van der Waals surface area contributed by atoms with E-state index >= 15 is 0 Å². The van der Waals surface area contributed by atoms with E-state index in [4.69, 9.17) is 4.98 Å². The molecule has 7 heteroatoms. The van der Waals surface area contributed by atoms with E-state index in [1.54, 1.807) is 11.3 Å². The van der Waals surface area contributed by atoms with Crippen molar-refractivity contribution in [3.05, 3.63) is 42.5 Å². The number of pyridine rings is 1. The fourth-order valence-electron chi connectivity index (χ4n) is 3.22. The predicted octanol–water partition coefficient (Wildman–Crippen LogP) is 2.71. The Balaban J connectivity index is 1.67. The van der Waals surface area contributed by atoms with Gasteiger partial charge >= 0.3 is 0 Å². The van der Waals surface area contributed by atoms with E-state index in [2.05, 4.69) is 49.9 Å². The second kappa shape index (κ2) is 6.02. The topological polar surface area (TPSA) is 66.8 Å². The molecule has 0 atom stereocenters. The lowest BCUT2D eigenvalue weighted by molar-refractivity contribution is 0.583. The van der Waals surface area contributed by atoms with Crippen molar-refractivity contribution in [2.75, 3.05) is 31.1 Å². The molecule has 4 heterocycles. The number of fused-ring (bicyclic) bond motifs is 3. The first-order valence-corrected chi connectivity index (χ1v) is 9.15. The average Bonchev–Trinajstić information content (AvgIpc) is 3.07. The zero-order valence-corrected chi connectivity index (χ0v) is 14.3.